The number of benzene rings is 1. The lowest BCUT2D eigenvalue weighted by Gasteiger charge is -2.13. The third kappa shape index (κ3) is 3.89. The molecule has 1 aromatic heterocycles. The highest BCUT2D eigenvalue weighted by Gasteiger charge is 2.15. The summed E-state index contributed by atoms with van der Waals surface area (Å²) in [4.78, 5) is 8.09. The summed E-state index contributed by atoms with van der Waals surface area (Å²) in [5.74, 6) is 1.16. The third-order valence-electron chi connectivity index (χ3n) is 2.90. The molecule has 0 spiro atoms. The Labute approximate surface area is 133 Å². The predicted molar refractivity (Wildman–Crippen MR) is 86.0 cm³/mol. The maximum absolute atomic E-state index is 6.10. The van der Waals surface area contributed by atoms with Crippen LogP contribution in [0.1, 0.15) is 25.3 Å². The van der Waals surface area contributed by atoms with Gasteiger partial charge < -0.3 is 16.2 Å². The summed E-state index contributed by atoms with van der Waals surface area (Å²) in [6, 6.07) is 4.95. The SMILES string of the molecule is CCCCc1c(N)nc(N)nc1Oc1ccc(Cl)cc1Cl. The normalized spacial score (nSPS) is 10.6. The van der Waals surface area contributed by atoms with Crippen molar-refractivity contribution in [3.63, 3.8) is 0 Å². The molecule has 5 nitrogen and oxygen atoms in total. The van der Waals surface area contributed by atoms with Crippen molar-refractivity contribution < 1.29 is 4.74 Å². The van der Waals surface area contributed by atoms with Gasteiger partial charge in [0.05, 0.1) is 10.6 Å². The minimum Gasteiger partial charge on any atom is -0.437 e. The number of unbranched alkanes of at least 4 members (excludes halogenated alkanes) is 1. The molecule has 4 N–H and O–H groups in total. The van der Waals surface area contributed by atoms with E-state index in [4.69, 9.17) is 39.4 Å². The Bertz CT molecular complexity index is 649. The first kappa shape index (κ1) is 15.7. The number of anilines is 2. The van der Waals surface area contributed by atoms with Crippen LogP contribution in [0, 0.1) is 0 Å². The second kappa shape index (κ2) is 6.83. The van der Waals surface area contributed by atoms with Crippen LogP contribution in [-0.2, 0) is 6.42 Å². The molecular formula is C14H16Cl2N4O. The van der Waals surface area contributed by atoms with E-state index in [1.165, 1.54) is 0 Å². The third-order valence-corrected chi connectivity index (χ3v) is 3.43. The maximum atomic E-state index is 6.10. The van der Waals surface area contributed by atoms with Crippen LogP contribution in [0.4, 0.5) is 11.8 Å². The summed E-state index contributed by atoms with van der Waals surface area (Å²) < 4.78 is 5.75. The van der Waals surface area contributed by atoms with Crippen LogP contribution >= 0.6 is 23.2 Å². The summed E-state index contributed by atoms with van der Waals surface area (Å²) in [6.07, 6.45) is 2.68. The second-order valence-corrected chi connectivity index (χ2v) is 5.37. The van der Waals surface area contributed by atoms with Crippen molar-refractivity contribution in [1.29, 1.82) is 0 Å². The second-order valence-electron chi connectivity index (χ2n) is 4.53. The monoisotopic (exact) mass is 326 g/mol. The molecule has 1 aromatic carbocycles. The van der Waals surface area contributed by atoms with Crippen molar-refractivity contribution in [2.24, 2.45) is 0 Å². The van der Waals surface area contributed by atoms with Gasteiger partial charge >= 0.3 is 0 Å². The van der Waals surface area contributed by atoms with Gasteiger partial charge in [-0.1, -0.05) is 36.5 Å². The van der Waals surface area contributed by atoms with Crippen LogP contribution in [0.3, 0.4) is 0 Å². The molecular weight excluding hydrogens is 311 g/mol. The topological polar surface area (TPSA) is 87.0 Å². The Balaban J connectivity index is 2.37. The zero-order valence-electron chi connectivity index (χ0n) is 11.6. The van der Waals surface area contributed by atoms with Gasteiger partial charge in [0.2, 0.25) is 11.8 Å². The standard InChI is InChI=1S/C14H16Cl2N4O/c1-2-3-4-9-12(17)19-14(18)20-13(9)21-11-6-5-8(15)7-10(11)16/h5-7H,2-4H2,1H3,(H4,17,18,19,20). The molecule has 1 heterocycles. The predicted octanol–water partition coefficient (Wildman–Crippen LogP) is 4.08. The average Bonchev–Trinajstić information content (AvgIpc) is 2.41. The van der Waals surface area contributed by atoms with E-state index in [1.807, 2.05) is 0 Å². The summed E-state index contributed by atoms with van der Waals surface area (Å²) in [5.41, 5.74) is 12.3. The Morgan fingerprint density at radius 1 is 1.19 bits per heavy atom. The van der Waals surface area contributed by atoms with Crippen LogP contribution < -0.4 is 16.2 Å². The van der Waals surface area contributed by atoms with Gasteiger partial charge in [-0.2, -0.15) is 9.97 Å². The zero-order chi connectivity index (χ0) is 15.4. The van der Waals surface area contributed by atoms with E-state index in [0.717, 1.165) is 18.4 Å². The van der Waals surface area contributed by atoms with Crippen LogP contribution in [0.5, 0.6) is 11.6 Å². The molecule has 112 valence electrons. The molecule has 21 heavy (non-hydrogen) atoms. The smallest absolute Gasteiger partial charge is 0.229 e. The highest BCUT2D eigenvalue weighted by molar-refractivity contribution is 6.35. The van der Waals surface area contributed by atoms with E-state index in [1.54, 1.807) is 18.2 Å². The van der Waals surface area contributed by atoms with Crippen molar-refractivity contribution >= 4 is 35.0 Å². The molecule has 7 heteroatoms. The van der Waals surface area contributed by atoms with Crippen LogP contribution in [0.25, 0.3) is 0 Å². The number of nitrogens with zero attached hydrogens (tertiary/aromatic N) is 2. The Morgan fingerprint density at radius 3 is 2.62 bits per heavy atom. The summed E-state index contributed by atoms with van der Waals surface area (Å²) in [5, 5.41) is 0.917. The van der Waals surface area contributed by atoms with Gasteiger partial charge in [-0.15, -0.1) is 0 Å². The zero-order valence-corrected chi connectivity index (χ0v) is 13.1. The van der Waals surface area contributed by atoms with Crippen LogP contribution in [0.2, 0.25) is 10.0 Å². The minimum absolute atomic E-state index is 0.0628. The fourth-order valence-electron chi connectivity index (χ4n) is 1.83. The molecule has 0 radical (unpaired) electrons. The van der Waals surface area contributed by atoms with Gasteiger partial charge in [-0.05, 0) is 31.0 Å². The van der Waals surface area contributed by atoms with Gasteiger partial charge in [0.15, 0.2) is 0 Å². The molecule has 2 aromatic rings. The molecule has 0 fully saturated rings. The van der Waals surface area contributed by atoms with E-state index in [2.05, 4.69) is 16.9 Å². The number of halogens is 2. The highest BCUT2D eigenvalue weighted by Crippen LogP contribution is 2.34. The van der Waals surface area contributed by atoms with Gasteiger partial charge in [0.25, 0.3) is 0 Å². The number of hydrogen-bond acceptors (Lipinski definition) is 5. The molecule has 0 aliphatic rings. The Hall–Kier alpha value is -1.72. The molecule has 0 saturated carbocycles. The molecule has 0 bridgehead atoms. The first-order valence-electron chi connectivity index (χ1n) is 6.56. The minimum atomic E-state index is 0.0628. The highest BCUT2D eigenvalue weighted by atomic mass is 35.5. The van der Waals surface area contributed by atoms with E-state index in [-0.39, 0.29) is 5.95 Å². The molecule has 0 amide bonds. The maximum Gasteiger partial charge on any atom is 0.229 e. The molecule has 0 aliphatic carbocycles. The average molecular weight is 327 g/mol. The summed E-state index contributed by atoms with van der Waals surface area (Å²) >= 11 is 12.0. The van der Waals surface area contributed by atoms with Crippen molar-refractivity contribution in [1.82, 2.24) is 9.97 Å². The quantitative estimate of drug-likeness (QED) is 0.864. The fraction of sp³-hybridized carbons (Fsp3) is 0.286. The van der Waals surface area contributed by atoms with Gasteiger partial charge in [0, 0.05) is 5.02 Å². The number of aromatic nitrogens is 2. The van der Waals surface area contributed by atoms with Gasteiger partial charge in [-0.25, -0.2) is 0 Å². The summed E-state index contributed by atoms with van der Waals surface area (Å²) in [6.45, 7) is 2.09. The lowest BCUT2D eigenvalue weighted by molar-refractivity contribution is 0.455. The largest absolute Gasteiger partial charge is 0.437 e. The number of nitrogens with two attached hydrogens (primary N) is 2. The van der Waals surface area contributed by atoms with E-state index >= 15 is 0 Å². The van der Waals surface area contributed by atoms with Crippen molar-refractivity contribution in [3.05, 3.63) is 33.8 Å². The fourth-order valence-corrected chi connectivity index (χ4v) is 2.28. The number of rotatable bonds is 5. The molecule has 0 aliphatic heterocycles. The lowest BCUT2D eigenvalue weighted by Crippen LogP contribution is -2.07. The molecule has 2 rings (SSSR count). The van der Waals surface area contributed by atoms with E-state index in [9.17, 15) is 0 Å². The number of nitrogen functional groups attached to an aromatic ring is 2. The van der Waals surface area contributed by atoms with Crippen molar-refractivity contribution in [2.75, 3.05) is 11.5 Å². The van der Waals surface area contributed by atoms with Crippen LogP contribution in [0.15, 0.2) is 18.2 Å². The van der Waals surface area contributed by atoms with Gasteiger partial charge in [0.1, 0.15) is 11.6 Å². The summed E-state index contributed by atoms with van der Waals surface area (Å²) in [7, 11) is 0. The van der Waals surface area contributed by atoms with Crippen LogP contribution in [-0.4, -0.2) is 9.97 Å². The lowest BCUT2D eigenvalue weighted by atomic mass is 10.1. The molecule has 0 saturated heterocycles. The van der Waals surface area contributed by atoms with Crippen molar-refractivity contribution in [3.8, 4) is 11.6 Å². The van der Waals surface area contributed by atoms with E-state index in [0.29, 0.717) is 33.9 Å². The van der Waals surface area contributed by atoms with Gasteiger partial charge in [-0.3, -0.25) is 0 Å². The Kier molecular flexibility index (Phi) is 5.09. The van der Waals surface area contributed by atoms with E-state index < -0.39 is 0 Å². The first-order valence-corrected chi connectivity index (χ1v) is 7.31. The Morgan fingerprint density at radius 2 is 1.95 bits per heavy atom. The first-order chi connectivity index (χ1) is 10.0. The molecule has 0 atom stereocenters. The number of hydrogen-bond donors (Lipinski definition) is 2. The van der Waals surface area contributed by atoms with Crippen molar-refractivity contribution in [2.45, 2.75) is 26.2 Å². The molecule has 0 unspecified atom stereocenters. The number of ether oxygens (including phenoxy) is 1.